The number of benzene rings is 1. The lowest BCUT2D eigenvalue weighted by atomic mass is 9.84. The Morgan fingerprint density at radius 3 is 2.40 bits per heavy atom. The minimum Gasteiger partial charge on any atom is -0.356 e. The highest BCUT2D eigenvalue weighted by atomic mass is 127. The van der Waals surface area contributed by atoms with E-state index in [9.17, 15) is 4.39 Å². The van der Waals surface area contributed by atoms with Gasteiger partial charge >= 0.3 is 0 Å². The molecule has 0 heterocycles. The van der Waals surface area contributed by atoms with E-state index < -0.39 is 0 Å². The first-order valence-corrected chi connectivity index (χ1v) is 6.74. The summed E-state index contributed by atoms with van der Waals surface area (Å²) in [4.78, 5) is 4.21. The van der Waals surface area contributed by atoms with Gasteiger partial charge in [-0.05, 0) is 30.5 Å². The van der Waals surface area contributed by atoms with E-state index in [-0.39, 0.29) is 35.2 Å². The molecule has 1 saturated carbocycles. The second kappa shape index (κ2) is 7.24. The van der Waals surface area contributed by atoms with Crippen LogP contribution in [-0.4, -0.2) is 25.6 Å². The van der Waals surface area contributed by atoms with E-state index in [0.29, 0.717) is 6.04 Å². The molecule has 0 aliphatic heterocycles. The largest absolute Gasteiger partial charge is 0.356 e. The monoisotopic (exact) mass is 391 g/mol. The van der Waals surface area contributed by atoms with Crippen LogP contribution in [0.3, 0.4) is 0 Å². The molecule has 1 aliphatic carbocycles. The Balaban J connectivity index is 0.00000200. The van der Waals surface area contributed by atoms with E-state index >= 15 is 0 Å². The highest BCUT2D eigenvalue weighted by Gasteiger charge is 2.24. The lowest BCUT2D eigenvalue weighted by Gasteiger charge is -2.26. The predicted octanol–water partition coefficient (Wildman–Crippen LogP) is 3.05. The zero-order valence-corrected chi connectivity index (χ0v) is 14.6. The molecule has 1 aromatic rings. The Morgan fingerprint density at radius 1 is 1.30 bits per heavy atom. The zero-order valence-electron chi connectivity index (χ0n) is 12.2. The summed E-state index contributed by atoms with van der Waals surface area (Å²) in [7, 11) is 1.78. The first-order valence-electron chi connectivity index (χ1n) is 6.74. The van der Waals surface area contributed by atoms with Gasteiger partial charge in [0.2, 0.25) is 0 Å². The lowest BCUT2D eigenvalue weighted by molar-refractivity contribution is 0.506. The highest BCUT2D eigenvalue weighted by Crippen LogP contribution is 2.22. The first-order chi connectivity index (χ1) is 9.01. The Kier molecular flexibility index (Phi) is 6.23. The van der Waals surface area contributed by atoms with Crippen LogP contribution >= 0.6 is 24.0 Å². The van der Waals surface area contributed by atoms with Crippen LogP contribution in [0, 0.1) is 5.82 Å². The van der Waals surface area contributed by atoms with Crippen molar-refractivity contribution in [1.82, 2.24) is 10.6 Å². The van der Waals surface area contributed by atoms with Crippen molar-refractivity contribution in [3.8, 4) is 0 Å². The lowest BCUT2D eigenvalue weighted by Crippen LogP contribution is -2.44. The van der Waals surface area contributed by atoms with Gasteiger partial charge in [0.25, 0.3) is 0 Å². The molecule has 5 heteroatoms. The summed E-state index contributed by atoms with van der Waals surface area (Å²) in [5.74, 6) is 0.649. The first kappa shape index (κ1) is 17.2. The fraction of sp³-hybridized carbons (Fsp3) is 0.533. The molecular weight excluding hydrogens is 368 g/mol. The number of nitrogens with zero attached hydrogens (tertiary/aromatic N) is 1. The van der Waals surface area contributed by atoms with Gasteiger partial charge in [-0.25, -0.2) is 4.39 Å². The fourth-order valence-corrected chi connectivity index (χ4v) is 1.92. The van der Waals surface area contributed by atoms with Crippen molar-refractivity contribution in [3.63, 3.8) is 0 Å². The molecule has 0 aromatic heterocycles. The summed E-state index contributed by atoms with van der Waals surface area (Å²) in [6, 6.07) is 7.28. The van der Waals surface area contributed by atoms with Crippen LogP contribution in [0.4, 0.5) is 4.39 Å². The topological polar surface area (TPSA) is 36.4 Å². The summed E-state index contributed by atoms with van der Waals surface area (Å²) >= 11 is 0. The second-order valence-electron chi connectivity index (χ2n) is 5.74. The molecule has 0 bridgehead atoms. The van der Waals surface area contributed by atoms with E-state index in [2.05, 4.69) is 29.5 Å². The van der Waals surface area contributed by atoms with Gasteiger partial charge in [0, 0.05) is 25.0 Å². The van der Waals surface area contributed by atoms with Crippen molar-refractivity contribution in [2.75, 3.05) is 13.6 Å². The minimum atomic E-state index is -0.196. The van der Waals surface area contributed by atoms with Crippen LogP contribution in [0.1, 0.15) is 32.3 Å². The zero-order chi connectivity index (χ0) is 13.9. The minimum absolute atomic E-state index is 0. The van der Waals surface area contributed by atoms with E-state index in [4.69, 9.17) is 0 Å². The molecule has 0 saturated heterocycles. The van der Waals surface area contributed by atoms with Crippen LogP contribution in [0.15, 0.2) is 29.3 Å². The molecule has 1 aromatic carbocycles. The smallest absolute Gasteiger partial charge is 0.191 e. The van der Waals surface area contributed by atoms with Gasteiger partial charge in [-0.2, -0.15) is 0 Å². The molecule has 20 heavy (non-hydrogen) atoms. The molecule has 2 N–H and O–H groups in total. The molecule has 0 unspecified atom stereocenters. The molecule has 0 amide bonds. The van der Waals surface area contributed by atoms with Crippen LogP contribution in [-0.2, 0) is 5.41 Å². The third-order valence-electron chi connectivity index (χ3n) is 3.47. The molecule has 3 nitrogen and oxygen atoms in total. The summed E-state index contributed by atoms with van der Waals surface area (Å²) in [6.45, 7) is 5.03. The summed E-state index contributed by atoms with van der Waals surface area (Å²) in [5.41, 5.74) is 1.04. The number of nitrogens with one attached hydrogen (secondary N) is 2. The summed E-state index contributed by atoms with van der Waals surface area (Å²) < 4.78 is 12.9. The maximum atomic E-state index is 12.9. The molecule has 1 aliphatic rings. The van der Waals surface area contributed by atoms with E-state index in [1.807, 2.05) is 12.1 Å². The Bertz CT molecular complexity index is 453. The van der Waals surface area contributed by atoms with E-state index in [0.717, 1.165) is 18.1 Å². The Labute approximate surface area is 137 Å². The number of hydrogen-bond acceptors (Lipinski definition) is 1. The highest BCUT2D eigenvalue weighted by molar-refractivity contribution is 14.0. The SMILES string of the molecule is CN=C(NCC(C)(C)c1ccc(F)cc1)NC1CC1.I. The number of rotatable bonds is 4. The summed E-state index contributed by atoms with van der Waals surface area (Å²) in [5, 5.41) is 6.69. The van der Waals surface area contributed by atoms with Crippen LogP contribution < -0.4 is 10.6 Å². The van der Waals surface area contributed by atoms with Crippen molar-refractivity contribution >= 4 is 29.9 Å². The van der Waals surface area contributed by atoms with Gasteiger partial charge < -0.3 is 10.6 Å². The molecular formula is C15H23FIN3. The maximum absolute atomic E-state index is 12.9. The van der Waals surface area contributed by atoms with Gasteiger partial charge in [0.05, 0.1) is 0 Å². The average molecular weight is 391 g/mol. The van der Waals surface area contributed by atoms with Crippen molar-refractivity contribution < 1.29 is 4.39 Å². The van der Waals surface area contributed by atoms with Crippen molar-refractivity contribution in [1.29, 1.82) is 0 Å². The normalized spacial score (nSPS) is 15.5. The molecule has 0 radical (unpaired) electrons. The van der Waals surface area contributed by atoms with Crippen molar-refractivity contribution in [2.24, 2.45) is 4.99 Å². The number of hydrogen-bond donors (Lipinski definition) is 2. The van der Waals surface area contributed by atoms with Crippen molar-refractivity contribution in [2.45, 2.75) is 38.1 Å². The van der Waals surface area contributed by atoms with Crippen molar-refractivity contribution in [3.05, 3.63) is 35.6 Å². The Hall–Kier alpha value is -0.850. The molecule has 0 spiro atoms. The molecule has 0 atom stereocenters. The van der Waals surface area contributed by atoms with Gasteiger partial charge in [0.1, 0.15) is 5.82 Å². The third-order valence-corrected chi connectivity index (χ3v) is 3.47. The fourth-order valence-electron chi connectivity index (χ4n) is 1.92. The van der Waals surface area contributed by atoms with Crippen LogP contribution in [0.25, 0.3) is 0 Å². The Morgan fingerprint density at radius 2 is 1.90 bits per heavy atom. The number of guanidine groups is 1. The standard InChI is InChI=1S/C15H22FN3.HI/c1-15(2,11-4-6-12(16)7-5-11)10-18-14(17-3)19-13-8-9-13;/h4-7,13H,8-10H2,1-3H3,(H2,17,18,19);1H. The van der Waals surface area contributed by atoms with E-state index in [1.54, 1.807) is 7.05 Å². The van der Waals surface area contributed by atoms with Gasteiger partial charge in [-0.15, -0.1) is 24.0 Å². The third kappa shape index (κ3) is 4.92. The van der Waals surface area contributed by atoms with Crippen LogP contribution in [0.2, 0.25) is 0 Å². The number of aliphatic imine (C=N–C) groups is 1. The van der Waals surface area contributed by atoms with Gasteiger partial charge in [-0.1, -0.05) is 26.0 Å². The van der Waals surface area contributed by atoms with E-state index in [1.165, 1.54) is 25.0 Å². The van der Waals surface area contributed by atoms with Crippen LogP contribution in [0.5, 0.6) is 0 Å². The maximum Gasteiger partial charge on any atom is 0.191 e. The molecule has 112 valence electrons. The summed E-state index contributed by atoms with van der Waals surface area (Å²) in [6.07, 6.45) is 2.45. The predicted molar refractivity (Wildman–Crippen MR) is 92.4 cm³/mol. The molecule has 1 fully saturated rings. The quantitative estimate of drug-likeness (QED) is 0.470. The van der Waals surface area contributed by atoms with Gasteiger partial charge in [0.15, 0.2) is 5.96 Å². The second-order valence-corrected chi connectivity index (χ2v) is 5.74. The number of halogens is 2. The molecule has 2 rings (SSSR count). The average Bonchev–Trinajstić information content (AvgIpc) is 3.19. The van der Waals surface area contributed by atoms with Gasteiger partial charge in [-0.3, -0.25) is 4.99 Å².